The minimum Gasteiger partial charge on any atom is -0.464 e. The van der Waals surface area contributed by atoms with Crippen LogP contribution in [-0.4, -0.2) is 26.3 Å². The first-order chi connectivity index (χ1) is 9.35. The predicted octanol–water partition coefficient (Wildman–Crippen LogP) is 2.07. The molecule has 1 N–H and O–H groups in total. The number of amides is 1. The Balaban J connectivity index is 2.16. The van der Waals surface area contributed by atoms with Crippen molar-refractivity contribution >= 4 is 21.4 Å². The second-order valence-corrected chi connectivity index (χ2v) is 6.43. The van der Waals surface area contributed by atoms with Gasteiger partial charge < -0.3 is 9.73 Å². The molecule has 20 heavy (non-hydrogen) atoms. The fourth-order valence-corrected chi connectivity index (χ4v) is 2.19. The number of hydrogen-bond donors (Lipinski definition) is 1. The van der Waals surface area contributed by atoms with E-state index in [4.69, 9.17) is 4.42 Å². The summed E-state index contributed by atoms with van der Waals surface area (Å²) in [5, 5.41) is 2.22. The quantitative estimate of drug-likeness (QED) is 0.937. The van der Waals surface area contributed by atoms with Crippen molar-refractivity contribution in [3.05, 3.63) is 42.4 Å². The first-order valence-electron chi connectivity index (χ1n) is 5.66. The Morgan fingerprint density at radius 3 is 2.65 bits per heavy atom. The van der Waals surface area contributed by atoms with E-state index in [0.29, 0.717) is 11.3 Å². The van der Waals surface area contributed by atoms with Gasteiger partial charge in [-0.25, -0.2) is 12.8 Å². The molecule has 0 radical (unpaired) electrons. The van der Waals surface area contributed by atoms with Gasteiger partial charge in [-0.3, -0.25) is 4.79 Å². The monoisotopic (exact) mass is 297 g/mol. The largest absolute Gasteiger partial charge is 0.464 e. The Bertz CT molecular complexity index is 723. The predicted molar refractivity (Wildman–Crippen MR) is 72.4 cm³/mol. The zero-order valence-electron chi connectivity index (χ0n) is 10.6. The molecule has 0 saturated carbocycles. The molecule has 0 bridgehead atoms. The summed E-state index contributed by atoms with van der Waals surface area (Å²) < 4.78 is 40.9. The molecule has 106 valence electrons. The Hall–Kier alpha value is -2.15. The molecule has 0 unspecified atom stereocenters. The number of sulfone groups is 1. The second-order valence-electron chi connectivity index (χ2n) is 4.29. The van der Waals surface area contributed by atoms with Gasteiger partial charge in [0.25, 0.3) is 0 Å². The lowest BCUT2D eigenvalue weighted by Gasteiger charge is -2.07. The summed E-state index contributed by atoms with van der Waals surface area (Å²) in [5.41, 5.74) is 0.447. The standard InChI is InChI=1S/C13H12FNO4S/c1-20(17,18)8-13(16)15-11-5-4-9(7-10(11)14)12-3-2-6-19-12/h2-7H,8H2,1H3,(H,15,16). The highest BCUT2D eigenvalue weighted by molar-refractivity contribution is 7.91. The number of rotatable bonds is 4. The van der Waals surface area contributed by atoms with Gasteiger partial charge in [0.1, 0.15) is 17.3 Å². The van der Waals surface area contributed by atoms with Crippen molar-refractivity contribution < 1.29 is 22.0 Å². The lowest BCUT2D eigenvalue weighted by molar-refractivity contribution is -0.113. The van der Waals surface area contributed by atoms with E-state index >= 15 is 0 Å². The van der Waals surface area contributed by atoms with Crippen LogP contribution in [0.25, 0.3) is 11.3 Å². The topological polar surface area (TPSA) is 76.4 Å². The summed E-state index contributed by atoms with van der Waals surface area (Å²) in [7, 11) is -3.45. The van der Waals surface area contributed by atoms with Crippen LogP contribution in [0.4, 0.5) is 10.1 Å². The minimum absolute atomic E-state index is 0.0750. The van der Waals surface area contributed by atoms with Crippen molar-refractivity contribution in [2.75, 3.05) is 17.3 Å². The molecule has 0 aliphatic heterocycles. The molecule has 0 spiro atoms. The average Bonchev–Trinajstić information content (AvgIpc) is 2.82. The van der Waals surface area contributed by atoms with Crippen molar-refractivity contribution in [1.82, 2.24) is 0 Å². The summed E-state index contributed by atoms with van der Waals surface area (Å²) in [6, 6.07) is 7.48. The van der Waals surface area contributed by atoms with Crippen molar-refractivity contribution in [3.63, 3.8) is 0 Å². The number of halogens is 1. The van der Waals surface area contributed by atoms with Crippen LogP contribution in [0.15, 0.2) is 41.0 Å². The van der Waals surface area contributed by atoms with E-state index < -0.39 is 27.3 Å². The van der Waals surface area contributed by atoms with Gasteiger partial charge in [-0.1, -0.05) is 0 Å². The number of anilines is 1. The van der Waals surface area contributed by atoms with Gasteiger partial charge in [0.2, 0.25) is 5.91 Å². The molecule has 0 atom stereocenters. The van der Waals surface area contributed by atoms with E-state index in [-0.39, 0.29) is 5.69 Å². The molecule has 1 aromatic heterocycles. The molecule has 7 heteroatoms. The maximum Gasteiger partial charge on any atom is 0.239 e. The minimum atomic E-state index is -3.45. The third-order valence-electron chi connectivity index (χ3n) is 2.44. The summed E-state index contributed by atoms with van der Waals surface area (Å²) in [6.45, 7) is 0. The van der Waals surface area contributed by atoms with Crippen LogP contribution in [0.1, 0.15) is 0 Å². The maximum absolute atomic E-state index is 13.8. The van der Waals surface area contributed by atoms with Crippen molar-refractivity contribution in [1.29, 1.82) is 0 Å². The summed E-state index contributed by atoms with van der Waals surface area (Å²) in [6.07, 6.45) is 2.40. The molecule has 2 rings (SSSR count). The van der Waals surface area contributed by atoms with E-state index in [1.807, 2.05) is 0 Å². The van der Waals surface area contributed by atoms with E-state index in [1.54, 1.807) is 18.2 Å². The van der Waals surface area contributed by atoms with Crippen LogP contribution in [-0.2, 0) is 14.6 Å². The van der Waals surface area contributed by atoms with Crippen molar-refractivity contribution in [2.24, 2.45) is 0 Å². The molecule has 0 aliphatic rings. The smallest absolute Gasteiger partial charge is 0.239 e. The van der Waals surface area contributed by atoms with Crippen LogP contribution < -0.4 is 5.32 Å². The molecule has 1 heterocycles. The second kappa shape index (κ2) is 5.46. The Kier molecular flexibility index (Phi) is 3.89. The van der Waals surface area contributed by atoms with E-state index in [2.05, 4.69) is 5.32 Å². The third kappa shape index (κ3) is 3.67. The van der Waals surface area contributed by atoms with Crippen LogP contribution in [0, 0.1) is 5.82 Å². The van der Waals surface area contributed by atoms with Gasteiger partial charge in [-0.2, -0.15) is 0 Å². The fourth-order valence-electron chi connectivity index (χ4n) is 1.64. The Morgan fingerprint density at radius 2 is 2.10 bits per heavy atom. The molecule has 2 aromatic rings. The number of hydrogen-bond acceptors (Lipinski definition) is 4. The molecule has 0 fully saturated rings. The lowest BCUT2D eigenvalue weighted by Crippen LogP contribution is -2.22. The third-order valence-corrected chi connectivity index (χ3v) is 3.23. The highest BCUT2D eigenvalue weighted by atomic mass is 32.2. The van der Waals surface area contributed by atoms with Crippen molar-refractivity contribution in [2.45, 2.75) is 0 Å². The highest BCUT2D eigenvalue weighted by Crippen LogP contribution is 2.24. The van der Waals surface area contributed by atoms with E-state index in [1.165, 1.54) is 18.4 Å². The van der Waals surface area contributed by atoms with Crippen LogP contribution in [0.5, 0.6) is 0 Å². The number of nitrogens with one attached hydrogen (secondary N) is 1. The number of carbonyl (C=O) groups is 1. The number of carbonyl (C=O) groups excluding carboxylic acids is 1. The summed E-state index contributed by atoms with van der Waals surface area (Å²) in [4.78, 5) is 11.4. The summed E-state index contributed by atoms with van der Waals surface area (Å²) >= 11 is 0. The van der Waals surface area contributed by atoms with E-state index in [0.717, 1.165) is 6.26 Å². The van der Waals surface area contributed by atoms with E-state index in [9.17, 15) is 17.6 Å². The molecular weight excluding hydrogens is 285 g/mol. The van der Waals surface area contributed by atoms with Crippen molar-refractivity contribution in [3.8, 4) is 11.3 Å². The van der Waals surface area contributed by atoms with Gasteiger partial charge >= 0.3 is 0 Å². The van der Waals surface area contributed by atoms with Gasteiger partial charge in [0.05, 0.1) is 12.0 Å². The SMILES string of the molecule is CS(=O)(=O)CC(=O)Nc1ccc(-c2ccco2)cc1F. The number of benzene rings is 1. The highest BCUT2D eigenvalue weighted by Gasteiger charge is 2.13. The fraction of sp³-hybridized carbons (Fsp3) is 0.154. The molecule has 1 amide bonds. The first kappa shape index (κ1) is 14.3. The molecule has 1 aromatic carbocycles. The lowest BCUT2D eigenvalue weighted by atomic mass is 10.1. The molecule has 5 nitrogen and oxygen atoms in total. The molecular formula is C13H12FNO4S. The Labute approximate surface area is 115 Å². The number of furan rings is 1. The molecule has 0 saturated heterocycles. The molecule has 0 aliphatic carbocycles. The average molecular weight is 297 g/mol. The van der Waals surface area contributed by atoms with Gasteiger partial charge in [-0.15, -0.1) is 0 Å². The van der Waals surface area contributed by atoms with Crippen LogP contribution in [0.3, 0.4) is 0 Å². The van der Waals surface area contributed by atoms with Gasteiger partial charge in [0.15, 0.2) is 9.84 Å². The zero-order chi connectivity index (χ0) is 14.8. The maximum atomic E-state index is 13.8. The van der Waals surface area contributed by atoms with Crippen LogP contribution >= 0.6 is 0 Å². The normalized spacial score (nSPS) is 11.3. The van der Waals surface area contributed by atoms with Gasteiger partial charge in [-0.05, 0) is 30.3 Å². The zero-order valence-corrected chi connectivity index (χ0v) is 11.4. The Morgan fingerprint density at radius 1 is 1.35 bits per heavy atom. The first-order valence-corrected chi connectivity index (χ1v) is 7.72. The van der Waals surface area contributed by atoms with Gasteiger partial charge in [0, 0.05) is 11.8 Å². The van der Waals surface area contributed by atoms with Crippen LogP contribution in [0.2, 0.25) is 0 Å². The summed E-state index contributed by atoms with van der Waals surface area (Å²) in [5.74, 6) is -1.64.